The number of aromatic hydroxyl groups is 1. The second kappa shape index (κ2) is 12.2. The van der Waals surface area contributed by atoms with Gasteiger partial charge in [-0.25, -0.2) is 9.79 Å². The third-order valence-electron chi connectivity index (χ3n) is 5.98. The van der Waals surface area contributed by atoms with Gasteiger partial charge in [-0.15, -0.1) is 6.42 Å². The van der Waals surface area contributed by atoms with Crippen molar-refractivity contribution in [2.45, 2.75) is 19.9 Å². The van der Waals surface area contributed by atoms with Crippen molar-refractivity contribution in [1.82, 2.24) is 4.57 Å². The summed E-state index contributed by atoms with van der Waals surface area (Å²) < 4.78 is 24.0. The largest absolute Gasteiger partial charge is 0.503 e. The summed E-state index contributed by atoms with van der Waals surface area (Å²) in [6.45, 7) is 3.55. The molecule has 1 aliphatic heterocycles. The summed E-state index contributed by atoms with van der Waals surface area (Å²) in [7, 11) is 2.88. The number of ether oxygens (including phenoxy) is 4. The lowest BCUT2D eigenvalue weighted by Crippen LogP contribution is -2.40. The maximum atomic E-state index is 13.9. The molecule has 0 fully saturated rings. The molecule has 1 aromatic heterocycles. The van der Waals surface area contributed by atoms with Crippen LogP contribution in [0, 0.1) is 12.3 Å². The maximum absolute atomic E-state index is 13.9. The number of phenols is 1. The average molecular weight is 648 g/mol. The van der Waals surface area contributed by atoms with Crippen LogP contribution < -0.4 is 29.1 Å². The van der Waals surface area contributed by atoms with Gasteiger partial charge in [-0.3, -0.25) is 9.36 Å². The molecule has 2 aromatic carbocycles. The number of terminal acetylenes is 1. The SMILES string of the molecule is C#CCOc1cc(Br)c(C=c2sc3n(c2=O)[C@@H](c2cc(Cl)c(O)c(OC)c2)C(C(=O)OCC)=C(C)N=3)cc1OC. The highest BCUT2D eigenvalue weighted by Gasteiger charge is 2.34. The highest BCUT2D eigenvalue weighted by molar-refractivity contribution is 9.10. The van der Waals surface area contributed by atoms with E-state index in [-0.39, 0.29) is 35.3 Å². The zero-order chi connectivity index (χ0) is 29.1. The van der Waals surface area contributed by atoms with Crippen LogP contribution >= 0.6 is 38.9 Å². The fraction of sp³-hybridized carbons (Fsp3) is 0.250. The Hall–Kier alpha value is -3.72. The fourth-order valence-corrected chi connectivity index (χ4v) is 5.90. The molecule has 3 aromatic rings. The van der Waals surface area contributed by atoms with Gasteiger partial charge in [0.05, 0.1) is 47.7 Å². The number of hydrogen-bond acceptors (Lipinski definition) is 9. The van der Waals surface area contributed by atoms with Crippen LogP contribution in [0.3, 0.4) is 0 Å². The fourth-order valence-electron chi connectivity index (χ4n) is 4.21. The number of benzene rings is 2. The molecule has 40 heavy (non-hydrogen) atoms. The molecule has 1 aliphatic rings. The number of phenolic OH excluding ortho intramolecular Hbond substituents is 1. The second-order valence-electron chi connectivity index (χ2n) is 8.37. The van der Waals surface area contributed by atoms with E-state index in [2.05, 4.69) is 26.8 Å². The summed E-state index contributed by atoms with van der Waals surface area (Å²) in [6, 6.07) is 5.48. The number of thiazole rings is 1. The first kappa shape index (κ1) is 29.3. The van der Waals surface area contributed by atoms with E-state index in [4.69, 9.17) is 37.0 Å². The first-order valence-corrected chi connectivity index (χ1v) is 13.8. The third kappa shape index (κ3) is 5.47. The molecule has 9 nitrogen and oxygen atoms in total. The van der Waals surface area contributed by atoms with Crippen molar-refractivity contribution in [3.8, 4) is 35.3 Å². The molecular formula is C28H24BrClN2O7S. The number of esters is 1. The van der Waals surface area contributed by atoms with Crippen molar-refractivity contribution >= 4 is 50.9 Å². The molecule has 1 N–H and O–H groups in total. The van der Waals surface area contributed by atoms with Crippen molar-refractivity contribution in [3.05, 3.63) is 75.8 Å². The summed E-state index contributed by atoms with van der Waals surface area (Å²) in [5, 5.41) is 10.3. The van der Waals surface area contributed by atoms with Gasteiger partial charge in [-0.2, -0.15) is 0 Å². The van der Waals surface area contributed by atoms with Crippen molar-refractivity contribution in [2.75, 3.05) is 27.4 Å². The Bertz CT molecular complexity index is 1750. The molecule has 208 valence electrons. The Morgan fingerprint density at radius 1 is 1.25 bits per heavy atom. The summed E-state index contributed by atoms with van der Waals surface area (Å²) in [4.78, 5) is 32.0. The van der Waals surface area contributed by atoms with Gasteiger partial charge >= 0.3 is 5.97 Å². The summed E-state index contributed by atoms with van der Waals surface area (Å²) >= 11 is 11.0. The molecule has 0 saturated carbocycles. The zero-order valence-corrected chi connectivity index (χ0v) is 25.1. The first-order chi connectivity index (χ1) is 19.1. The molecule has 12 heteroatoms. The minimum absolute atomic E-state index is 0.00231. The molecule has 2 heterocycles. The number of fused-ring (bicyclic) bond motifs is 1. The van der Waals surface area contributed by atoms with Crippen LogP contribution in [0.1, 0.15) is 31.0 Å². The van der Waals surface area contributed by atoms with Crippen LogP contribution in [0.25, 0.3) is 6.08 Å². The third-order valence-corrected chi connectivity index (χ3v) is 7.94. The number of methoxy groups -OCH3 is 2. The molecule has 0 saturated heterocycles. The van der Waals surface area contributed by atoms with Gasteiger partial charge in [-0.05, 0) is 55.3 Å². The number of hydrogen-bond donors (Lipinski definition) is 1. The monoisotopic (exact) mass is 646 g/mol. The number of carbonyl (C=O) groups excluding carboxylic acids is 1. The van der Waals surface area contributed by atoms with E-state index in [0.29, 0.717) is 42.1 Å². The topological polar surface area (TPSA) is 109 Å². The van der Waals surface area contributed by atoms with Crippen molar-refractivity contribution in [1.29, 1.82) is 0 Å². The van der Waals surface area contributed by atoms with E-state index in [1.807, 2.05) is 0 Å². The highest BCUT2D eigenvalue weighted by atomic mass is 79.9. The lowest BCUT2D eigenvalue weighted by molar-refractivity contribution is -0.139. The standard InChI is InChI=1S/C28H24BrClN2O7S/c1-6-8-39-20-13-17(29)15(10-19(20)36-4)12-22-26(34)32-24(16-9-18(30)25(33)21(11-16)37-5)23(27(35)38-7-2)14(3)31-28(32)40-22/h1,9-13,24,33H,7-8H2,2-5H3/t24-/m0/s1. The Labute approximate surface area is 247 Å². The Balaban J connectivity index is 1.96. The van der Waals surface area contributed by atoms with E-state index < -0.39 is 17.6 Å². The van der Waals surface area contributed by atoms with E-state index >= 15 is 0 Å². The summed E-state index contributed by atoms with van der Waals surface area (Å²) in [6.07, 6.45) is 6.99. The number of carbonyl (C=O) groups is 1. The van der Waals surface area contributed by atoms with Crippen LogP contribution in [0.5, 0.6) is 23.0 Å². The lowest BCUT2D eigenvalue weighted by atomic mass is 9.95. The molecule has 0 unspecified atom stereocenters. The van der Waals surface area contributed by atoms with Crippen molar-refractivity contribution in [3.63, 3.8) is 0 Å². The van der Waals surface area contributed by atoms with Crippen LogP contribution in [-0.2, 0) is 9.53 Å². The second-order valence-corrected chi connectivity index (χ2v) is 10.6. The molecule has 0 radical (unpaired) electrons. The molecule has 0 bridgehead atoms. The summed E-state index contributed by atoms with van der Waals surface area (Å²) in [5.41, 5.74) is 1.23. The zero-order valence-electron chi connectivity index (χ0n) is 21.9. The van der Waals surface area contributed by atoms with Crippen LogP contribution in [0.15, 0.2) is 49.8 Å². The van der Waals surface area contributed by atoms with Gasteiger partial charge in [0.25, 0.3) is 5.56 Å². The van der Waals surface area contributed by atoms with Gasteiger partial charge in [0, 0.05) is 4.47 Å². The molecule has 0 spiro atoms. The minimum Gasteiger partial charge on any atom is -0.503 e. The Morgan fingerprint density at radius 3 is 2.62 bits per heavy atom. The van der Waals surface area contributed by atoms with Gasteiger partial charge < -0.3 is 24.1 Å². The van der Waals surface area contributed by atoms with Gasteiger partial charge in [0.1, 0.15) is 6.61 Å². The van der Waals surface area contributed by atoms with Gasteiger partial charge in [0.2, 0.25) is 0 Å². The van der Waals surface area contributed by atoms with Gasteiger partial charge in [0.15, 0.2) is 27.8 Å². The number of allylic oxidation sites excluding steroid dienone is 1. The number of rotatable bonds is 8. The molecular weight excluding hydrogens is 624 g/mol. The van der Waals surface area contributed by atoms with Crippen LogP contribution in [-0.4, -0.2) is 43.1 Å². The maximum Gasteiger partial charge on any atom is 0.338 e. The smallest absolute Gasteiger partial charge is 0.338 e. The van der Waals surface area contributed by atoms with E-state index in [1.54, 1.807) is 32.1 Å². The number of aromatic nitrogens is 1. The lowest BCUT2D eigenvalue weighted by Gasteiger charge is -2.25. The van der Waals surface area contributed by atoms with E-state index in [1.165, 1.54) is 30.9 Å². The van der Waals surface area contributed by atoms with Crippen molar-refractivity contribution in [2.24, 2.45) is 4.99 Å². The van der Waals surface area contributed by atoms with Crippen LogP contribution in [0.4, 0.5) is 0 Å². The molecule has 4 rings (SSSR count). The van der Waals surface area contributed by atoms with E-state index in [0.717, 1.165) is 11.3 Å². The summed E-state index contributed by atoms with van der Waals surface area (Å²) in [5.74, 6) is 2.49. The Kier molecular flexibility index (Phi) is 8.93. The van der Waals surface area contributed by atoms with E-state index in [9.17, 15) is 14.7 Å². The van der Waals surface area contributed by atoms with Crippen molar-refractivity contribution < 1.29 is 28.8 Å². The van der Waals surface area contributed by atoms with Gasteiger partial charge in [-0.1, -0.05) is 44.8 Å². The molecule has 0 aliphatic carbocycles. The quantitative estimate of drug-likeness (QED) is 0.292. The highest BCUT2D eigenvalue weighted by Crippen LogP contribution is 2.40. The van der Waals surface area contributed by atoms with Crippen LogP contribution in [0.2, 0.25) is 5.02 Å². The average Bonchev–Trinajstić information content (AvgIpc) is 3.23. The number of nitrogens with zero attached hydrogens (tertiary/aromatic N) is 2. The minimum atomic E-state index is -0.943. The predicted molar refractivity (Wildman–Crippen MR) is 155 cm³/mol. The predicted octanol–water partition coefficient (Wildman–Crippen LogP) is 3.95. The normalized spacial score (nSPS) is 14.7. The number of halogens is 2. The first-order valence-electron chi connectivity index (χ1n) is 11.8. The molecule has 1 atom stereocenters. The molecule has 0 amide bonds. The Morgan fingerprint density at radius 2 is 1.98 bits per heavy atom.